The Morgan fingerprint density at radius 2 is 2.67 bits per heavy atom. The zero-order valence-electron chi connectivity index (χ0n) is 3.81. The second kappa shape index (κ2) is 1.85. The quantitative estimate of drug-likeness (QED) is 0.455. The van der Waals surface area contributed by atoms with Gasteiger partial charge in [-0.25, -0.2) is 0 Å². The van der Waals surface area contributed by atoms with Gasteiger partial charge >= 0.3 is 0 Å². The SMILES string of the molecule is CC1CSCO1. The van der Waals surface area contributed by atoms with Crippen molar-refractivity contribution in [3.05, 3.63) is 0 Å². The van der Waals surface area contributed by atoms with Crippen LogP contribution in [-0.2, 0) is 4.74 Å². The topological polar surface area (TPSA) is 9.23 Å². The molecule has 0 aromatic carbocycles. The van der Waals surface area contributed by atoms with Crippen LogP contribution in [-0.4, -0.2) is 17.8 Å². The Hall–Kier alpha value is 0.310. The molecule has 1 nitrogen and oxygen atoms in total. The zero-order valence-corrected chi connectivity index (χ0v) is 4.62. The lowest BCUT2D eigenvalue weighted by Gasteiger charge is -1.92. The number of hydrogen-bond acceptors (Lipinski definition) is 2. The molecule has 1 aliphatic heterocycles. The van der Waals surface area contributed by atoms with Crippen molar-refractivity contribution in [2.45, 2.75) is 13.0 Å². The second-order valence-electron chi connectivity index (χ2n) is 1.47. The van der Waals surface area contributed by atoms with Crippen molar-refractivity contribution >= 4 is 11.8 Å². The Morgan fingerprint density at radius 1 is 1.83 bits per heavy atom. The third-order valence-corrected chi connectivity index (χ3v) is 1.80. The van der Waals surface area contributed by atoms with Gasteiger partial charge in [-0.1, -0.05) is 0 Å². The molecule has 1 atom stereocenters. The summed E-state index contributed by atoms with van der Waals surface area (Å²) in [6.45, 7) is 2.10. The van der Waals surface area contributed by atoms with Crippen molar-refractivity contribution in [3.63, 3.8) is 0 Å². The molecule has 0 N–H and O–H groups in total. The Bertz CT molecular complexity index is 40.8. The van der Waals surface area contributed by atoms with Crippen molar-refractivity contribution in [3.8, 4) is 0 Å². The molecule has 1 unspecified atom stereocenters. The van der Waals surface area contributed by atoms with E-state index in [1.165, 1.54) is 5.75 Å². The van der Waals surface area contributed by atoms with E-state index in [0.29, 0.717) is 6.10 Å². The van der Waals surface area contributed by atoms with Crippen molar-refractivity contribution in [2.75, 3.05) is 11.7 Å². The molecule has 1 rings (SSSR count). The fraction of sp³-hybridized carbons (Fsp3) is 1.00. The van der Waals surface area contributed by atoms with Gasteiger partial charge in [0, 0.05) is 5.75 Å². The first-order valence-corrected chi connectivity index (χ1v) is 3.24. The Labute approximate surface area is 42.1 Å². The molecule has 36 valence electrons. The van der Waals surface area contributed by atoms with Crippen molar-refractivity contribution in [1.82, 2.24) is 0 Å². The van der Waals surface area contributed by atoms with E-state index in [4.69, 9.17) is 4.74 Å². The number of hydrogen-bond donors (Lipinski definition) is 0. The van der Waals surface area contributed by atoms with E-state index in [-0.39, 0.29) is 0 Å². The van der Waals surface area contributed by atoms with E-state index >= 15 is 0 Å². The molecule has 0 aromatic heterocycles. The predicted octanol–water partition coefficient (Wildman–Crippen LogP) is 1.10. The van der Waals surface area contributed by atoms with Crippen LogP contribution in [0.5, 0.6) is 0 Å². The summed E-state index contributed by atoms with van der Waals surface area (Å²) in [4.78, 5) is 0. The molecular weight excluding hydrogens is 96.1 g/mol. The molecule has 0 radical (unpaired) electrons. The lowest BCUT2D eigenvalue weighted by atomic mass is 10.5. The number of rotatable bonds is 0. The van der Waals surface area contributed by atoms with Crippen LogP contribution in [0.25, 0.3) is 0 Å². The van der Waals surface area contributed by atoms with Crippen LogP contribution in [0.4, 0.5) is 0 Å². The van der Waals surface area contributed by atoms with Crippen LogP contribution >= 0.6 is 11.8 Å². The monoisotopic (exact) mass is 104 g/mol. The van der Waals surface area contributed by atoms with Crippen LogP contribution in [0.15, 0.2) is 0 Å². The lowest BCUT2D eigenvalue weighted by molar-refractivity contribution is 0.139. The van der Waals surface area contributed by atoms with E-state index in [2.05, 4.69) is 6.92 Å². The van der Waals surface area contributed by atoms with Gasteiger partial charge < -0.3 is 4.74 Å². The van der Waals surface area contributed by atoms with E-state index in [9.17, 15) is 0 Å². The first-order valence-electron chi connectivity index (χ1n) is 2.09. The molecule has 0 bridgehead atoms. The van der Waals surface area contributed by atoms with Gasteiger partial charge in [0.1, 0.15) is 0 Å². The maximum absolute atomic E-state index is 5.12. The highest BCUT2D eigenvalue weighted by molar-refractivity contribution is 7.99. The summed E-state index contributed by atoms with van der Waals surface area (Å²) < 4.78 is 5.12. The summed E-state index contributed by atoms with van der Waals surface area (Å²) in [7, 11) is 0. The van der Waals surface area contributed by atoms with Crippen LogP contribution < -0.4 is 0 Å². The maximum atomic E-state index is 5.12. The molecule has 6 heavy (non-hydrogen) atoms. The second-order valence-corrected chi connectivity index (χ2v) is 2.44. The highest BCUT2D eigenvalue weighted by atomic mass is 32.2. The number of ether oxygens (including phenoxy) is 1. The smallest absolute Gasteiger partial charge is 0.0925 e. The van der Waals surface area contributed by atoms with Gasteiger partial charge in [-0.3, -0.25) is 0 Å². The summed E-state index contributed by atoms with van der Waals surface area (Å²) in [5.41, 5.74) is 0. The normalized spacial score (nSPS) is 34.5. The van der Waals surface area contributed by atoms with Crippen LogP contribution in [0.2, 0.25) is 0 Å². The summed E-state index contributed by atoms with van der Waals surface area (Å²) in [6.07, 6.45) is 0.509. The van der Waals surface area contributed by atoms with Gasteiger partial charge in [0.25, 0.3) is 0 Å². The molecule has 2 heteroatoms. The third-order valence-electron chi connectivity index (χ3n) is 0.788. The van der Waals surface area contributed by atoms with Gasteiger partial charge in [0.2, 0.25) is 0 Å². The summed E-state index contributed by atoms with van der Waals surface area (Å²) >= 11 is 1.86. The van der Waals surface area contributed by atoms with Gasteiger partial charge in [-0.15, -0.1) is 11.8 Å². The van der Waals surface area contributed by atoms with Crippen molar-refractivity contribution in [1.29, 1.82) is 0 Å². The minimum atomic E-state index is 0.509. The minimum Gasteiger partial charge on any atom is -0.367 e. The van der Waals surface area contributed by atoms with Gasteiger partial charge in [0.15, 0.2) is 0 Å². The summed E-state index contributed by atoms with van der Waals surface area (Å²) in [5, 5.41) is 0. The van der Waals surface area contributed by atoms with E-state index < -0.39 is 0 Å². The molecule has 0 aromatic rings. The standard InChI is InChI=1S/C4H8OS/c1-4-2-6-3-5-4/h4H,2-3H2,1H3. The summed E-state index contributed by atoms with van der Waals surface area (Å²) in [6, 6.07) is 0. The Kier molecular flexibility index (Phi) is 1.37. The largest absolute Gasteiger partial charge is 0.367 e. The van der Waals surface area contributed by atoms with E-state index in [0.717, 1.165) is 5.94 Å². The van der Waals surface area contributed by atoms with Gasteiger partial charge in [0.05, 0.1) is 12.0 Å². The first kappa shape index (κ1) is 4.47. The molecule has 1 aliphatic rings. The Balaban J connectivity index is 2.18. The minimum absolute atomic E-state index is 0.509. The summed E-state index contributed by atoms with van der Waals surface area (Å²) in [5.74, 6) is 2.08. The lowest BCUT2D eigenvalue weighted by Crippen LogP contribution is -1.99. The molecule has 0 saturated carbocycles. The van der Waals surface area contributed by atoms with Gasteiger partial charge in [-0.2, -0.15) is 0 Å². The highest BCUT2D eigenvalue weighted by Crippen LogP contribution is 2.14. The average Bonchev–Trinajstić information content (AvgIpc) is 1.86. The molecule has 0 spiro atoms. The van der Waals surface area contributed by atoms with E-state index in [1.54, 1.807) is 0 Å². The molecular formula is C4H8OS. The highest BCUT2D eigenvalue weighted by Gasteiger charge is 2.07. The van der Waals surface area contributed by atoms with Crippen LogP contribution in [0, 0.1) is 0 Å². The zero-order chi connectivity index (χ0) is 4.41. The fourth-order valence-electron chi connectivity index (χ4n) is 0.426. The molecule has 1 saturated heterocycles. The average molecular weight is 104 g/mol. The molecule has 1 heterocycles. The van der Waals surface area contributed by atoms with Crippen LogP contribution in [0.1, 0.15) is 6.92 Å². The van der Waals surface area contributed by atoms with Crippen molar-refractivity contribution in [2.24, 2.45) is 0 Å². The number of thioether (sulfide) groups is 1. The van der Waals surface area contributed by atoms with Crippen LogP contribution in [0.3, 0.4) is 0 Å². The van der Waals surface area contributed by atoms with Crippen molar-refractivity contribution < 1.29 is 4.74 Å². The first-order chi connectivity index (χ1) is 2.89. The van der Waals surface area contributed by atoms with Gasteiger partial charge in [-0.05, 0) is 6.92 Å². The fourth-order valence-corrected chi connectivity index (χ4v) is 1.28. The molecule has 0 aliphatic carbocycles. The predicted molar refractivity (Wildman–Crippen MR) is 27.9 cm³/mol. The molecule has 1 fully saturated rings. The van der Waals surface area contributed by atoms with E-state index in [1.807, 2.05) is 11.8 Å². The molecule has 0 amide bonds. The third kappa shape index (κ3) is 0.884. The Morgan fingerprint density at radius 3 is 2.83 bits per heavy atom. The maximum Gasteiger partial charge on any atom is 0.0925 e.